The van der Waals surface area contributed by atoms with Gasteiger partial charge >= 0.3 is 0 Å². The lowest BCUT2D eigenvalue weighted by atomic mass is 10.6. The Morgan fingerprint density at radius 3 is 2.20 bits per heavy atom. The van der Waals surface area contributed by atoms with Gasteiger partial charge in [-0.05, 0) is 14.1 Å². The number of rotatable bonds is 4. The third kappa shape index (κ3) is 7.43. The Bertz CT molecular complexity index is 97.0. The van der Waals surface area contributed by atoms with Crippen LogP contribution in [0.25, 0.3) is 0 Å². The van der Waals surface area contributed by atoms with Gasteiger partial charge in [-0.25, -0.2) is 0 Å². The molecule has 0 aromatic carbocycles. The summed E-state index contributed by atoms with van der Waals surface area (Å²) < 4.78 is 0. The highest BCUT2D eigenvalue weighted by Gasteiger charge is 1.84. The first-order chi connectivity index (χ1) is 4.63. The van der Waals surface area contributed by atoms with Gasteiger partial charge in [0, 0.05) is 20.6 Å². The largest absolute Gasteiger partial charge is 0.369 e. The van der Waals surface area contributed by atoms with Gasteiger partial charge in [0.15, 0.2) is 0 Å². The summed E-state index contributed by atoms with van der Waals surface area (Å²) >= 11 is 0. The molecule has 0 bridgehead atoms. The van der Waals surface area contributed by atoms with E-state index in [1.165, 1.54) is 0 Å². The van der Waals surface area contributed by atoms with Gasteiger partial charge in [0.05, 0.1) is 12.9 Å². The molecule has 0 aliphatic carbocycles. The van der Waals surface area contributed by atoms with Crippen LogP contribution in [0.1, 0.15) is 0 Å². The second-order valence-corrected chi connectivity index (χ2v) is 2.79. The van der Waals surface area contributed by atoms with Crippen molar-refractivity contribution in [3.05, 3.63) is 0 Å². The number of likely N-dealkylation sites (N-methyl/N-ethyl adjacent to an activating group) is 1. The molecule has 0 fully saturated rings. The Morgan fingerprint density at radius 2 is 1.80 bits per heavy atom. The molecule has 0 aromatic rings. The molecule has 0 spiro atoms. The normalized spacial score (nSPS) is 11.3. The van der Waals surface area contributed by atoms with Crippen molar-refractivity contribution in [1.29, 1.82) is 0 Å². The molecule has 0 aliphatic rings. The van der Waals surface area contributed by atoms with E-state index in [0.29, 0.717) is 0 Å². The number of aliphatic imine (C=N–C) groups is 1. The minimum atomic E-state index is 0.880. The zero-order valence-corrected chi connectivity index (χ0v) is 7.33. The Kier molecular flexibility index (Phi) is 4.94. The van der Waals surface area contributed by atoms with Crippen LogP contribution in [0.5, 0.6) is 0 Å². The summed E-state index contributed by atoms with van der Waals surface area (Å²) in [5.74, 6) is 0. The minimum Gasteiger partial charge on any atom is -0.369 e. The van der Waals surface area contributed by atoms with Gasteiger partial charge in [-0.15, -0.1) is 0 Å². The molecule has 3 heteroatoms. The molecular weight excluding hydrogens is 126 g/mol. The monoisotopic (exact) mass is 143 g/mol. The fraction of sp³-hybridized carbons (Fsp3) is 0.857. The summed E-state index contributed by atoms with van der Waals surface area (Å²) in [7, 11) is 8.04. The predicted octanol–water partition coefficient (Wildman–Crippen LogP) is 0.138. The van der Waals surface area contributed by atoms with Crippen molar-refractivity contribution in [3.63, 3.8) is 0 Å². The van der Waals surface area contributed by atoms with Crippen LogP contribution in [0.2, 0.25) is 0 Å². The molecule has 10 heavy (non-hydrogen) atoms. The summed E-state index contributed by atoms with van der Waals surface area (Å²) in [5.41, 5.74) is 0. The molecule has 60 valence electrons. The first-order valence-corrected chi connectivity index (χ1v) is 3.44. The van der Waals surface area contributed by atoms with E-state index in [1.807, 2.05) is 39.4 Å². The number of hydrogen-bond donors (Lipinski definition) is 0. The van der Waals surface area contributed by atoms with Crippen LogP contribution in [0.3, 0.4) is 0 Å². The lowest BCUT2D eigenvalue weighted by Gasteiger charge is -2.06. The van der Waals surface area contributed by atoms with E-state index in [4.69, 9.17) is 0 Å². The van der Waals surface area contributed by atoms with Crippen molar-refractivity contribution in [1.82, 2.24) is 9.80 Å². The fourth-order valence-corrected chi connectivity index (χ4v) is 0.479. The lowest BCUT2D eigenvalue weighted by Crippen LogP contribution is -2.16. The fourth-order valence-electron chi connectivity index (χ4n) is 0.479. The first kappa shape index (κ1) is 9.43. The maximum Gasteiger partial charge on any atom is 0.0845 e. The van der Waals surface area contributed by atoms with Crippen LogP contribution in [0, 0.1) is 0 Å². The van der Waals surface area contributed by atoms with E-state index in [9.17, 15) is 0 Å². The van der Waals surface area contributed by atoms with Gasteiger partial charge in [0.1, 0.15) is 0 Å². The summed E-state index contributed by atoms with van der Waals surface area (Å²) in [4.78, 5) is 8.23. The predicted molar refractivity (Wildman–Crippen MR) is 45.6 cm³/mol. The molecule has 0 saturated carbocycles. The zero-order valence-electron chi connectivity index (χ0n) is 7.33. The topological polar surface area (TPSA) is 18.8 Å². The molecule has 0 heterocycles. The van der Waals surface area contributed by atoms with Crippen molar-refractivity contribution in [2.45, 2.75) is 0 Å². The summed E-state index contributed by atoms with van der Waals surface area (Å²) in [6.45, 7) is 1.90. The summed E-state index contributed by atoms with van der Waals surface area (Å²) in [6, 6.07) is 0. The van der Waals surface area contributed by atoms with Crippen LogP contribution < -0.4 is 0 Å². The quantitative estimate of drug-likeness (QED) is 0.412. The highest BCUT2D eigenvalue weighted by molar-refractivity contribution is 5.53. The molecule has 0 rings (SSSR count). The van der Waals surface area contributed by atoms with Crippen LogP contribution >= 0.6 is 0 Å². The van der Waals surface area contributed by atoms with Gasteiger partial charge < -0.3 is 9.80 Å². The molecule has 0 saturated heterocycles. The minimum absolute atomic E-state index is 0.880. The van der Waals surface area contributed by atoms with Gasteiger partial charge in [-0.1, -0.05) is 0 Å². The second-order valence-electron chi connectivity index (χ2n) is 2.79. The summed E-state index contributed by atoms with van der Waals surface area (Å²) in [6.07, 6.45) is 1.84. The molecule has 0 aromatic heterocycles. The first-order valence-electron chi connectivity index (χ1n) is 3.44. The van der Waals surface area contributed by atoms with E-state index in [-0.39, 0.29) is 0 Å². The molecule has 0 atom stereocenters. The summed E-state index contributed by atoms with van der Waals surface area (Å²) in [5, 5.41) is 0. The lowest BCUT2D eigenvalue weighted by molar-refractivity contribution is 0.420. The smallest absolute Gasteiger partial charge is 0.0845 e. The van der Waals surface area contributed by atoms with E-state index in [1.54, 1.807) is 0 Å². The molecule has 3 nitrogen and oxygen atoms in total. The third-order valence-electron chi connectivity index (χ3n) is 0.989. The van der Waals surface area contributed by atoms with Crippen LogP contribution in [-0.2, 0) is 0 Å². The van der Waals surface area contributed by atoms with Crippen LogP contribution in [0.4, 0.5) is 0 Å². The number of nitrogens with zero attached hydrogens (tertiary/aromatic N) is 3. The van der Waals surface area contributed by atoms with Crippen molar-refractivity contribution in [3.8, 4) is 0 Å². The van der Waals surface area contributed by atoms with Gasteiger partial charge in [-0.3, -0.25) is 4.99 Å². The Morgan fingerprint density at radius 1 is 1.20 bits per heavy atom. The molecule has 0 N–H and O–H groups in total. The third-order valence-corrected chi connectivity index (χ3v) is 0.989. The molecule has 0 aliphatic heterocycles. The second kappa shape index (κ2) is 5.23. The van der Waals surface area contributed by atoms with E-state index in [0.717, 1.165) is 13.1 Å². The maximum absolute atomic E-state index is 4.17. The van der Waals surface area contributed by atoms with Crippen LogP contribution in [0.15, 0.2) is 4.99 Å². The SMILES string of the molecule is CN(C)C=NCCN(C)C. The molecule has 0 amide bonds. The van der Waals surface area contributed by atoms with Gasteiger partial charge in [0.2, 0.25) is 0 Å². The van der Waals surface area contributed by atoms with Gasteiger partial charge in [-0.2, -0.15) is 0 Å². The zero-order chi connectivity index (χ0) is 7.98. The number of hydrogen-bond acceptors (Lipinski definition) is 2. The molecule has 0 unspecified atom stereocenters. The molecule has 0 radical (unpaired) electrons. The van der Waals surface area contributed by atoms with Crippen molar-refractivity contribution < 1.29 is 0 Å². The standard InChI is InChI=1S/C7H17N3/c1-9(2)6-5-8-7-10(3)4/h7H,5-6H2,1-4H3. The van der Waals surface area contributed by atoms with Crippen molar-refractivity contribution >= 4 is 6.34 Å². The molecular formula is C7H17N3. The Labute approximate surface area is 63.3 Å². The Balaban J connectivity index is 3.19. The van der Waals surface area contributed by atoms with E-state index >= 15 is 0 Å². The average molecular weight is 143 g/mol. The van der Waals surface area contributed by atoms with Crippen LogP contribution in [-0.4, -0.2) is 57.4 Å². The van der Waals surface area contributed by atoms with Gasteiger partial charge in [0.25, 0.3) is 0 Å². The highest BCUT2D eigenvalue weighted by atomic mass is 15.1. The average Bonchev–Trinajstić information content (AvgIpc) is 1.79. The van der Waals surface area contributed by atoms with E-state index < -0.39 is 0 Å². The Hall–Kier alpha value is -0.570. The van der Waals surface area contributed by atoms with Crippen molar-refractivity contribution in [2.75, 3.05) is 41.3 Å². The highest BCUT2D eigenvalue weighted by Crippen LogP contribution is 1.75. The van der Waals surface area contributed by atoms with Crippen molar-refractivity contribution in [2.24, 2.45) is 4.99 Å². The maximum atomic E-state index is 4.17. The van der Waals surface area contributed by atoms with E-state index in [2.05, 4.69) is 9.89 Å².